The van der Waals surface area contributed by atoms with Crippen LogP contribution in [-0.4, -0.2) is 34.7 Å². The Hall–Kier alpha value is -2.65. The molecule has 132 valence electrons. The molecule has 1 atom stereocenters. The van der Waals surface area contributed by atoms with Gasteiger partial charge in [-0.15, -0.1) is 5.73 Å². The van der Waals surface area contributed by atoms with Gasteiger partial charge in [0.15, 0.2) is 0 Å². The second-order valence-corrected chi connectivity index (χ2v) is 5.91. The molecule has 2 amide bonds. The monoisotopic (exact) mass is 342 g/mol. The summed E-state index contributed by atoms with van der Waals surface area (Å²) in [6, 6.07) is 5.50. The van der Waals surface area contributed by atoms with Gasteiger partial charge >= 0.3 is 0 Å². The molecule has 1 aromatic carbocycles. The minimum Gasteiger partial charge on any atom is -0.338 e. The van der Waals surface area contributed by atoms with Crippen LogP contribution in [0.25, 0.3) is 0 Å². The lowest BCUT2D eigenvalue weighted by molar-refractivity contribution is -0.132. The maximum atomic E-state index is 13.0. The Morgan fingerprint density at radius 3 is 2.64 bits per heavy atom. The Balaban J connectivity index is 2.11. The number of halogens is 1. The first kappa shape index (κ1) is 18.7. The maximum absolute atomic E-state index is 13.0. The van der Waals surface area contributed by atoms with Crippen molar-refractivity contribution in [2.24, 2.45) is 5.92 Å². The van der Waals surface area contributed by atoms with Gasteiger partial charge in [-0.3, -0.25) is 14.5 Å². The number of allylic oxidation sites excluding steroid dienone is 2. The van der Waals surface area contributed by atoms with Gasteiger partial charge in [-0.25, -0.2) is 4.39 Å². The zero-order chi connectivity index (χ0) is 18.2. The van der Waals surface area contributed by atoms with Crippen LogP contribution in [0.4, 0.5) is 4.39 Å². The van der Waals surface area contributed by atoms with Gasteiger partial charge in [0.2, 0.25) is 5.91 Å². The highest BCUT2D eigenvalue weighted by molar-refractivity contribution is 5.94. The normalized spacial score (nSPS) is 17.1. The minimum atomic E-state index is -0.374. The van der Waals surface area contributed by atoms with Crippen LogP contribution in [0.3, 0.4) is 0 Å². The second kappa shape index (κ2) is 9.00. The summed E-state index contributed by atoms with van der Waals surface area (Å²) in [5, 5.41) is 0. The molecule has 1 fully saturated rings. The van der Waals surface area contributed by atoms with E-state index < -0.39 is 0 Å². The number of piperidine rings is 1. The van der Waals surface area contributed by atoms with E-state index >= 15 is 0 Å². The first-order valence-corrected chi connectivity index (χ1v) is 8.44. The van der Waals surface area contributed by atoms with Gasteiger partial charge in [-0.2, -0.15) is 0 Å². The van der Waals surface area contributed by atoms with Crippen LogP contribution in [0.2, 0.25) is 0 Å². The van der Waals surface area contributed by atoms with E-state index in [0.29, 0.717) is 18.7 Å². The molecule has 1 aromatic rings. The molecule has 1 heterocycles. The molecule has 0 aromatic heterocycles. The Morgan fingerprint density at radius 1 is 1.28 bits per heavy atom. The summed E-state index contributed by atoms with van der Waals surface area (Å²) in [6.07, 6.45) is 8.32. The Bertz CT molecular complexity index is 703. The highest BCUT2D eigenvalue weighted by Crippen LogP contribution is 2.21. The fourth-order valence-electron chi connectivity index (χ4n) is 2.84. The lowest BCUT2D eigenvalue weighted by atomic mass is 9.96. The van der Waals surface area contributed by atoms with Crippen LogP contribution in [-0.2, 0) is 4.79 Å². The summed E-state index contributed by atoms with van der Waals surface area (Å²) in [7, 11) is 0. The van der Waals surface area contributed by atoms with Crippen molar-refractivity contribution >= 4 is 11.8 Å². The average molecular weight is 342 g/mol. The summed E-state index contributed by atoms with van der Waals surface area (Å²) in [5.41, 5.74) is 3.34. The van der Waals surface area contributed by atoms with Crippen LogP contribution in [0, 0.1) is 11.7 Å². The van der Waals surface area contributed by atoms with Crippen molar-refractivity contribution in [1.82, 2.24) is 9.80 Å². The smallest absolute Gasteiger partial charge is 0.253 e. The molecular formula is C20H23FN2O2. The summed E-state index contributed by atoms with van der Waals surface area (Å²) in [5.74, 6) is -0.853. The number of carbonyl (C=O) groups excluding carboxylic acids is 2. The third kappa shape index (κ3) is 4.91. The average Bonchev–Trinajstić information content (AvgIpc) is 2.64. The molecule has 1 unspecified atom stereocenters. The molecule has 25 heavy (non-hydrogen) atoms. The van der Waals surface area contributed by atoms with Crippen molar-refractivity contribution in [1.29, 1.82) is 0 Å². The second-order valence-electron chi connectivity index (χ2n) is 5.91. The number of rotatable bonds is 4. The quantitative estimate of drug-likeness (QED) is 0.782. The van der Waals surface area contributed by atoms with Crippen LogP contribution < -0.4 is 0 Å². The van der Waals surface area contributed by atoms with Gasteiger partial charge in [-0.1, -0.05) is 6.08 Å². The van der Waals surface area contributed by atoms with E-state index in [2.05, 4.69) is 5.73 Å². The predicted molar refractivity (Wildman–Crippen MR) is 95.0 cm³/mol. The van der Waals surface area contributed by atoms with Crippen molar-refractivity contribution in [2.45, 2.75) is 26.7 Å². The first-order valence-electron chi connectivity index (χ1n) is 8.44. The van der Waals surface area contributed by atoms with Crippen LogP contribution in [0.15, 0.2) is 54.5 Å². The van der Waals surface area contributed by atoms with E-state index in [1.807, 2.05) is 13.8 Å². The molecule has 1 saturated heterocycles. The lowest BCUT2D eigenvalue weighted by Crippen LogP contribution is -2.44. The highest BCUT2D eigenvalue weighted by Gasteiger charge is 2.30. The van der Waals surface area contributed by atoms with E-state index in [-0.39, 0.29) is 23.5 Å². The molecule has 2 rings (SSSR count). The number of amides is 2. The van der Waals surface area contributed by atoms with Crippen LogP contribution in [0.5, 0.6) is 0 Å². The summed E-state index contributed by atoms with van der Waals surface area (Å²) >= 11 is 0. The SMILES string of the molecule is CC=C=CN(C=CC)C(=O)C1CCCN(C(=O)c2ccc(F)cc2)C1. The Kier molecular flexibility index (Phi) is 6.72. The molecule has 0 radical (unpaired) electrons. The van der Waals surface area contributed by atoms with E-state index in [9.17, 15) is 14.0 Å². The molecule has 1 aliphatic rings. The number of likely N-dealkylation sites (tertiary alicyclic amines) is 1. The number of nitrogens with zero attached hydrogens (tertiary/aromatic N) is 2. The summed E-state index contributed by atoms with van der Waals surface area (Å²) in [6.45, 7) is 4.65. The van der Waals surface area contributed by atoms with E-state index in [0.717, 1.165) is 12.8 Å². The largest absolute Gasteiger partial charge is 0.338 e. The molecule has 4 nitrogen and oxygen atoms in total. The molecule has 1 aliphatic heterocycles. The highest BCUT2D eigenvalue weighted by atomic mass is 19.1. The van der Waals surface area contributed by atoms with Gasteiger partial charge < -0.3 is 4.90 Å². The zero-order valence-electron chi connectivity index (χ0n) is 14.6. The van der Waals surface area contributed by atoms with Crippen LogP contribution >= 0.6 is 0 Å². The van der Waals surface area contributed by atoms with Gasteiger partial charge in [-0.05, 0) is 57.0 Å². The van der Waals surface area contributed by atoms with Gasteiger partial charge in [0.05, 0.1) is 12.1 Å². The number of hydrogen-bond donors (Lipinski definition) is 0. The van der Waals surface area contributed by atoms with Crippen molar-refractivity contribution in [3.63, 3.8) is 0 Å². The Labute approximate surface area is 147 Å². The molecule has 5 heteroatoms. The van der Waals surface area contributed by atoms with E-state index in [4.69, 9.17) is 0 Å². The lowest BCUT2D eigenvalue weighted by Gasteiger charge is -2.33. The summed E-state index contributed by atoms with van der Waals surface area (Å²) in [4.78, 5) is 28.5. The van der Waals surface area contributed by atoms with E-state index in [1.54, 1.807) is 29.5 Å². The van der Waals surface area contributed by atoms with Gasteiger partial charge in [0.25, 0.3) is 5.91 Å². The van der Waals surface area contributed by atoms with Crippen LogP contribution in [0.1, 0.15) is 37.0 Å². The van der Waals surface area contributed by atoms with Crippen molar-refractivity contribution in [3.05, 3.63) is 65.9 Å². The molecule has 0 saturated carbocycles. The molecular weight excluding hydrogens is 319 g/mol. The molecule has 0 spiro atoms. The summed E-state index contributed by atoms with van der Waals surface area (Å²) < 4.78 is 13.0. The molecule has 0 aliphatic carbocycles. The van der Waals surface area contributed by atoms with Crippen molar-refractivity contribution < 1.29 is 14.0 Å². The fourth-order valence-corrected chi connectivity index (χ4v) is 2.84. The first-order chi connectivity index (χ1) is 12.1. The molecule has 0 N–H and O–H groups in total. The van der Waals surface area contributed by atoms with Crippen molar-refractivity contribution in [3.8, 4) is 0 Å². The predicted octanol–water partition coefficient (Wildman–Crippen LogP) is 3.73. The minimum absolute atomic E-state index is 0.0518. The standard InChI is InChI=1S/C20H23FN2O2/c1-3-5-13-22(12-4-2)20(25)17-7-6-14-23(15-17)19(24)16-8-10-18(21)11-9-16/h3-4,8-13,17H,6-7,14-15H2,1-2H3. The molecule has 0 bridgehead atoms. The van der Waals surface area contributed by atoms with Gasteiger partial charge in [0, 0.05) is 24.9 Å². The fraction of sp³-hybridized carbons (Fsp3) is 0.350. The maximum Gasteiger partial charge on any atom is 0.253 e. The number of hydrogen-bond acceptors (Lipinski definition) is 2. The van der Waals surface area contributed by atoms with E-state index in [1.165, 1.54) is 29.2 Å². The topological polar surface area (TPSA) is 40.6 Å². The third-order valence-electron chi connectivity index (χ3n) is 4.09. The third-order valence-corrected chi connectivity index (χ3v) is 4.09. The van der Waals surface area contributed by atoms with Crippen molar-refractivity contribution in [2.75, 3.05) is 13.1 Å². The zero-order valence-corrected chi connectivity index (χ0v) is 14.6. The van der Waals surface area contributed by atoms with Gasteiger partial charge in [0.1, 0.15) is 5.82 Å². The Morgan fingerprint density at radius 2 is 2.00 bits per heavy atom. The number of benzene rings is 1. The number of carbonyl (C=O) groups is 2.